The zero-order chi connectivity index (χ0) is 23.7. The van der Waals surface area contributed by atoms with Crippen molar-refractivity contribution in [2.45, 2.75) is 25.5 Å². The van der Waals surface area contributed by atoms with Gasteiger partial charge in [-0.3, -0.25) is 4.79 Å². The van der Waals surface area contributed by atoms with Crippen molar-refractivity contribution < 1.29 is 19.1 Å². The highest BCUT2D eigenvalue weighted by Gasteiger charge is 2.40. The molecular weight excluding hydrogens is 436 g/mol. The van der Waals surface area contributed by atoms with Crippen molar-refractivity contribution in [3.05, 3.63) is 72.2 Å². The molecule has 4 heterocycles. The number of ketones is 1. The molecule has 0 spiro atoms. The Hall–Kier alpha value is -4.31. The number of aliphatic hydroxyl groups is 1. The number of anilines is 3. The van der Waals surface area contributed by atoms with E-state index in [4.69, 9.17) is 9.15 Å². The van der Waals surface area contributed by atoms with Crippen LogP contribution < -0.4 is 15.4 Å². The molecule has 10 heteroatoms. The third-order valence-electron chi connectivity index (χ3n) is 5.47. The first kappa shape index (κ1) is 21.5. The van der Waals surface area contributed by atoms with Crippen LogP contribution in [0.1, 0.15) is 35.8 Å². The van der Waals surface area contributed by atoms with E-state index in [0.29, 0.717) is 28.5 Å². The van der Waals surface area contributed by atoms with Gasteiger partial charge in [0.15, 0.2) is 5.60 Å². The van der Waals surface area contributed by atoms with Crippen LogP contribution in [0, 0.1) is 0 Å². The van der Waals surface area contributed by atoms with E-state index in [-0.39, 0.29) is 30.2 Å². The molecule has 10 nitrogen and oxygen atoms in total. The van der Waals surface area contributed by atoms with Crippen molar-refractivity contribution in [2.75, 3.05) is 17.2 Å². The van der Waals surface area contributed by atoms with Gasteiger partial charge in [0.1, 0.15) is 11.6 Å². The Balaban J connectivity index is 1.46. The number of hydrogen-bond acceptors (Lipinski definition) is 10. The maximum atomic E-state index is 12.4. The molecule has 1 aliphatic heterocycles. The van der Waals surface area contributed by atoms with Crippen LogP contribution in [0.25, 0.3) is 11.5 Å². The zero-order valence-corrected chi connectivity index (χ0v) is 18.5. The zero-order valence-electron chi connectivity index (χ0n) is 18.5. The lowest BCUT2D eigenvalue weighted by molar-refractivity contribution is 0.0675. The highest BCUT2D eigenvalue weighted by Crippen LogP contribution is 2.35. The molecule has 1 aromatic carbocycles. The summed E-state index contributed by atoms with van der Waals surface area (Å²) >= 11 is 0. The summed E-state index contributed by atoms with van der Waals surface area (Å²) in [6.45, 7) is 3.29. The van der Waals surface area contributed by atoms with E-state index in [2.05, 4.69) is 30.8 Å². The Kier molecular flexibility index (Phi) is 5.42. The molecule has 1 aliphatic rings. The van der Waals surface area contributed by atoms with E-state index >= 15 is 0 Å². The first-order chi connectivity index (χ1) is 16.4. The number of nitrogens with zero attached hydrogens (tertiary/aromatic N) is 4. The Bertz CT molecular complexity index is 1320. The Labute approximate surface area is 195 Å². The van der Waals surface area contributed by atoms with Crippen molar-refractivity contribution >= 4 is 23.1 Å². The number of benzene rings is 1. The fourth-order valence-electron chi connectivity index (χ4n) is 3.72. The van der Waals surface area contributed by atoms with Crippen LogP contribution in [0.15, 0.2) is 65.5 Å². The lowest BCUT2D eigenvalue weighted by Crippen LogP contribution is -2.32. The van der Waals surface area contributed by atoms with Gasteiger partial charge in [0, 0.05) is 12.3 Å². The lowest BCUT2D eigenvalue weighted by Gasteiger charge is -2.20. The second-order valence-corrected chi connectivity index (χ2v) is 8.26. The fraction of sp³-hybridized carbons (Fsp3) is 0.208. The van der Waals surface area contributed by atoms with Gasteiger partial charge in [-0.05, 0) is 31.5 Å². The summed E-state index contributed by atoms with van der Waals surface area (Å²) in [4.78, 5) is 21.3. The molecule has 34 heavy (non-hydrogen) atoms. The molecule has 172 valence electrons. The van der Waals surface area contributed by atoms with Crippen LogP contribution in [-0.4, -0.2) is 43.3 Å². The number of nitrogens with one attached hydrogen (secondary N) is 2. The standard InChI is InChI=1S/C24H22N6O4/c1-24(2)21(32)15-8-9-19(29-22(15)34-24)28-20-10-17(16(11-25-20)23-30-26-13-33-23)27-18(12-31)14-6-4-3-5-7-14/h3-11,13,18,31H,12H2,1-2H3,(H2,25,27,28,29)/t18-/m1/s1. The van der Waals surface area contributed by atoms with Gasteiger partial charge >= 0.3 is 0 Å². The van der Waals surface area contributed by atoms with Gasteiger partial charge in [0.05, 0.1) is 29.5 Å². The number of aliphatic hydroxyl groups excluding tert-OH is 1. The number of ether oxygens (including phenoxy) is 1. The number of hydrogen-bond donors (Lipinski definition) is 3. The molecule has 0 amide bonds. The minimum atomic E-state index is -0.939. The fourth-order valence-corrected chi connectivity index (χ4v) is 3.72. The highest BCUT2D eigenvalue weighted by molar-refractivity contribution is 6.06. The predicted molar refractivity (Wildman–Crippen MR) is 124 cm³/mol. The van der Waals surface area contributed by atoms with Crippen LogP contribution in [0.4, 0.5) is 17.3 Å². The smallest absolute Gasteiger partial charge is 0.251 e. The average molecular weight is 458 g/mol. The number of Topliss-reactive ketones (excluding diaryl/α,β-unsaturated/α-hetero) is 1. The molecule has 0 saturated carbocycles. The molecule has 1 atom stereocenters. The maximum Gasteiger partial charge on any atom is 0.251 e. The van der Waals surface area contributed by atoms with Crippen molar-refractivity contribution in [3.8, 4) is 17.3 Å². The SMILES string of the molecule is CC1(C)Oc2nc(Nc3cc(N[C@H](CO)c4ccccc4)c(-c4nnco4)cn3)ccc2C1=O. The number of carbonyl (C=O) groups is 1. The number of fused-ring (bicyclic) bond motifs is 1. The molecule has 3 N–H and O–H groups in total. The second-order valence-electron chi connectivity index (χ2n) is 8.26. The monoisotopic (exact) mass is 458 g/mol. The number of aromatic nitrogens is 4. The molecule has 3 aromatic heterocycles. The summed E-state index contributed by atoms with van der Waals surface area (Å²) in [6, 6.07) is 14.4. The molecule has 0 fully saturated rings. The van der Waals surface area contributed by atoms with Gasteiger partial charge in [-0.15, -0.1) is 10.2 Å². The van der Waals surface area contributed by atoms with E-state index in [1.165, 1.54) is 6.39 Å². The molecule has 0 aliphatic carbocycles. The van der Waals surface area contributed by atoms with E-state index in [1.807, 2.05) is 30.3 Å². The van der Waals surface area contributed by atoms with Gasteiger partial charge in [0.25, 0.3) is 5.89 Å². The third kappa shape index (κ3) is 4.06. The summed E-state index contributed by atoms with van der Waals surface area (Å²) < 4.78 is 11.1. The second kappa shape index (κ2) is 8.56. The molecule has 0 unspecified atom stereocenters. The van der Waals surface area contributed by atoms with E-state index in [9.17, 15) is 9.90 Å². The quantitative estimate of drug-likeness (QED) is 0.375. The average Bonchev–Trinajstić information content (AvgIpc) is 3.44. The largest absolute Gasteiger partial charge is 0.463 e. The van der Waals surface area contributed by atoms with E-state index in [0.717, 1.165) is 5.56 Å². The van der Waals surface area contributed by atoms with Crippen LogP contribution in [0.3, 0.4) is 0 Å². The van der Waals surface area contributed by atoms with Gasteiger partial charge in [-0.2, -0.15) is 4.98 Å². The van der Waals surface area contributed by atoms with Crippen LogP contribution >= 0.6 is 0 Å². The predicted octanol–water partition coefficient (Wildman–Crippen LogP) is 3.77. The van der Waals surface area contributed by atoms with E-state index in [1.54, 1.807) is 38.2 Å². The Morgan fingerprint density at radius 1 is 1.09 bits per heavy atom. The van der Waals surface area contributed by atoms with Crippen molar-refractivity contribution in [3.63, 3.8) is 0 Å². The van der Waals surface area contributed by atoms with Crippen molar-refractivity contribution in [1.82, 2.24) is 20.2 Å². The first-order valence-corrected chi connectivity index (χ1v) is 10.7. The minimum Gasteiger partial charge on any atom is -0.463 e. The number of pyridine rings is 2. The van der Waals surface area contributed by atoms with Gasteiger partial charge < -0.3 is 24.9 Å². The van der Waals surface area contributed by atoms with Gasteiger partial charge in [-0.25, -0.2) is 4.98 Å². The highest BCUT2D eigenvalue weighted by atomic mass is 16.5. The molecule has 0 saturated heterocycles. The number of carbonyl (C=O) groups excluding carboxylic acids is 1. The molecule has 0 bridgehead atoms. The maximum absolute atomic E-state index is 12.4. The molecule has 5 rings (SSSR count). The summed E-state index contributed by atoms with van der Waals surface area (Å²) in [5.74, 6) is 1.41. The molecular formula is C24H22N6O4. The minimum absolute atomic E-state index is 0.106. The molecule has 0 radical (unpaired) electrons. The van der Waals surface area contributed by atoms with Crippen molar-refractivity contribution in [1.29, 1.82) is 0 Å². The number of rotatable bonds is 7. The van der Waals surface area contributed by atoms with Gasteiger partial charge in [-0.1, -0.05) is 30.3 Å². The van der Waals surface area contributed by atoms with Crippen LogP contribution in [0.2, 0.25) is 0 Å². The molecule has 4 aromatic rings. The van der Waals surface area contributed by atoms with Crippen molar-refractivity contribution in [2.24, 2.45) is 0 Å². The lowest BCUT2D eigenvalue weighted by atomic mass is 10.0. The van der Waals surface area contributed by atoms with Crippen LogP contribution in [-0.2, 0) is 0 Å². The topological polar surface area (TPSA) is 135 Å². The summed E-state index contributed by atoms with van der Waals surface area (Å²) in [5.41, 5.74) is 1.63. The first-order valence-electron chi connectivity index (χ1n) is 10.7. The third-order valence-corrected chi connectivity index (χ3v) is 5.47. The summed E-state index contributed by atoms with van der Waals surface area (Å²) in [7, 11) is 0. The van der Waals surface area contributed by atoms with E-state index < -0.39 is 5.60 Å². The van der Waals surface area contributed by atoms with Crippen LogP contribution in [0.5, 0.6) is 5.88 Å². The Morgan fingerprint density at radius 3 is 2.65 bits per heavy atom. The summed E-state index contributed by atoms with van der Waals surface area (Å²) in [5, 5.41) is 24.2. The Morgan fingerprint density at radius 2 is 1.91 bits per heavy atom. The summed E-state index contributed by atoms with van der Waals surface area (Å²) in [6.07, 6.45) is 2.83. The normalized spacial score (nSPS) is 14.9. The van der Waals surface area contributed by atoms with Gasteiger partial charge in [0.2, 0.25) is 18.1 Å².